The van der Waals surface area contributed by atoms with Crippen molar-refractivity contribution in [3.05, 3.63) is 83.0 Å². The summed E-state index contributed by atoms with van der Waals surface area (Å²) in [5, 5.41) is 15.4. The third kappa shape index (κ3) is 5.97. The molecule has 11 heteroatoms. The molecule has 2 amide bonds. The van der Waals surface area contributed by atoms with E-state index in [1.807, 2.05) is 37.4 Å². The lowest BCUT2D eigenvalue weighted by Crippen LogP contribution is -2.34. The summed E-state index contributed by atoms with van der Waals surface area (Å²) < 4.78 is 41.6. The van der Waals surface area contributed by atoms with Crippen molar-refractivity contribution in [3.63, 3.8) is 0 Å². The van der Waals surface area contributed by atoms with Gasteiger partial charge in [-0.05, 0) is 61.4 Å². The Kier molecular flexibility index (Phi) is 7.86. The molecule has 214 valence electrons. The number of carboxylic acids is 1. The van der Waals surface area contributed by atoms with Crippen LogP contribution in [0.3, 0.4) is 0 Å². The number of nitrogens with zero attached hydrogens (tertiary/aromatic N) is 2. The van der Waals surface area contributed by atoms with Gasteiger partial charge < -0.3 is 25.2 Å². The first-order chi connectivity index (χ1) is 19.5. The first kappa shape index (κ1) is 28.4. The highest BCUT2D eigenvalue weighted by atomic mass is 35.5. The number of carboxylic acid groups (broad SMARTS) is 1. The van der Waals surface area contributed by atoms with E-state index < -0.39 is 28.8 Å². The average molecular weight is 585 g/mol. The predicted octanol–water partition coefficient (Wildman–Crippen LogP) is 8.41. The molecule has 0 unspecified atom stereocenters. The number of hydrogen-bond acceptors (Lipinski definition) is 3. The van der Waals surface area contributed by atoms with Gasteiger partial charge in [0, 0.05) is 29.9 Å². The quantitative estimate of drug-likeness (QED) is 0.212. The lowest BCUT2D eigenvalue weighted by Gasteiger charge is -2.34. The summed E-state index contributed by atoms with van der Waals surface area (Å²) in [6, 6.07) is 16.8. The number of aromatic nitrogens is 1. The highest BCUT2D eigenvalue weighted by Gasteiger charge is 2.33. The number of aromatic carboxylic acids is 1. The van der Waals surface area contributed by atoms with E-state index in [1.54, 1.807) is 22.8 Å². The number of benzene rings is 3. The van der Waals surface area contributed by atoms with E-state index in [2.05, 4.69) is 15.5 Å². The molecule has 1 heterocycles. The topological polar surface area (TPSA) is 86.6 Å². The van der Waals surface area contributed by atoms with E-state index in [0.29, 0.717) is 22.6 Å². The number of anilines is 3. The fraction of sp³-hybridized carbons (Fsp3) is 0.267. The lowest BCUT2D eigenvalue weighted by atomic mass is 9.94. The monoisotopic (exact) mass is 584 g/mol. The molecule has 0 saturated heterocycles. The summed E-state index contributed by atoms with van der Waals surface area (Å²) in [5.74, 6) is -1.11. The standard InChI is InChI=1S/C30H28ClF3N4O3/c1-37(20-8-3-2-4-9-20)26-14-12-21(38-25-10-6-5-7-18(25)15-27(38)28(39)40)17-24(26)36-29(41)35-19-11-13-23(31)22(16-19)30(32,33)34/h5-7,10-17,20H,2-4,8-9H2,1H3,(H,39,40)(H2,35,36,41). The maximum atomic E-state index is 13.3. The number of rotatable bonds is 6. The molecule has 0 atom stereocenters. The van der Waals surface area contributed by atoms with E-state index in [9.17, 15) is 27.9 Å². The van der Waals surface area contributed by atoms with E-state index in [4.69, 9.17) is 11.6 Å². The van der Waals surface area contributed by atoms with Crippen LogP contribution < -0.4 is 15.5 Å². The van der Waals surface area contributed by atoms with Gasteiger partial charge >= 0.3 is 18.2 Å². The fourth-order valence-corrected chi connectivity index (χ4v) is 5.66. The van der Waals surface area contributed by atoms with E-state index in [1.165, 1.54) is 6.07 Å². The van der Waals surface area contributed by atoms with E-state index in [0.717, 1.165) is 49.6 Å². The maximum absolute atomic E-state index is 13.3. The second kappa shape index (κ2) is 11.4. The van der Waals surface area contributed by atoms with Crippen LogP contribution >= 0.6 is 11.6 Å². The van der Waals surface area contributed by atoms with Crippen LogP contribution in [0.2, 0.25) is 5.02 Å². The van der Waals surface area contributed by atoms with Gasteiger partial charge in [0.2, 0.25) is 0 Å². The van der Waals surface area contributed by atoms with Gasteiger partial charge in [0.05, 0.1) is 27.5 Å². The Labute approximate surface area is 239 Å². The van der Waals surface area contributed by atoms with Crippen molar-refractivity contribution < 1.29 is 27.9 Å². The molecule has 3 aromatic carbocycles. The van der Waals surface area contributed by atoms with Crippen LogP contribution in [0.15, 0.2) is 66.7 Å². The SMILES string of the molecule is CN(c1ccc(-n2c(C(=O)O)cc3ccccc32)cc1NC(=O)Nc1ccc(Cl)c(C(F)(F)F)c1)C1CCCCC1. The summed E-state index contributed by atoms with van der Waals surface area (Å²) >= 11 is 5.72. The van der Waals surface area contributed by atoms with Crippen molar-refractivity contribution in [2.24, 2.45) is 0 Å². The second-order valence-electron chi connectivity index (χ2n) is 10.1. The Bertz CT molecular complexity index is 1610. The number of carbonyl (C=O) groups is 2. The zero-order valence-corrected chi connectivity index (χ0v) is 22.9. The molecule has 4 aromatic rings. The molecule has 1 saturated carbocycles. The minimum atomic E-state index is -4.68. The largest absolute Gasteiger partial charge is 0.477 e. The third-order valence-corrected chi connectivity index (χ3v) is 7.78. The van der Waals surface area contributed by atoms with Crippen LogP contribution in [-0.4, -0.2) is 34.8 Å². The summed E-state index contributed by atoms with van der Waals surface area (Å²) in [7, 11) is 1.94. The van der Waals surface area contributed by atoms with Gasteiger partial charge in [0.1, 0.15) is 5.69 Å². The Hall–Kier alpha value is -4.18. The minimum Gasteiger partial charge on any atom is -0.477 e. The molecular formula is C30H28ClF3N4O3. The van der Waals surface area contributed by atoms with Crippen LogP contribution in [0.1, 0.15) is 48.2 Å². The highest BCUT2D eigenvalue weighted by molar-refractivity contribution is 6.31. The normalized spacial score (nSPS) is 14.2. The first-order valence-corrected chi connectivity index (χ1v) is 13.6. The Balaban J connectivity index is 1.53. The number of carbonyl (C=O) groups excluding carboxylic acids is 1. The minimum absolute atomic E-state index is 0.0517. The molecule has 0 spiro atoms. The molecule has 3 N–H and O–H groups in total. The molecule has 0 bridgehead atoms. The number of para-hydroxylation sites is 1. The smallest absolute Gasteiger partial charge is 0.417 e. The number of fused-ring (bicyclic) bond motifs is 1. The summed E-state index contributed by atoms with van der Waals surface area (Å²) in [6.07, 6.45) is 0.630. The molecule has 1 aliphatic rings. The van der Waals surface area contributed by atoms with Crippen LogP contribution in [-0.2, 0) is 6.18 Å². The van der Waals surface area contributed by atoms with Crippen LogP contribution in [0.4, 0.5) is 35.0 Å². The zero-order valence-electron chi connectivity index (χ0n) is 22.1. The molecule has 41 heavy (non-hydrogen) atoms. The third-order valence-electron chi connectivity index (χ3n) is 7.45. The van der Waals surface area contributed by atoms with Crippen LogP contribution in [0.25, 0.3) is 16.6 Å². The average Bonchev–Trinajstić information content (AvgIpc) is 3.34. The van der Waals surface area contributed by atoms with Crippen molar-refractivity contribution in [3.8, 4) is 5.69 Å². The summed E-state index contributed by atoms with van der Waals surface area (Å²) in [6.45, 7) is 0. The van der Waals surface area contributed by atoms with Crippen molar-refractivity contribution in [1.29, 1.82) is 0 Å². The molecule has 1 fully saturated rings. The zero-order chi connectivity index (χ0) is 29.3. The number of amides is 2. The number of hydrogen-bond donors (Lipinski definition) is 3. The van der Waals surface area contributed by atoms with Crippen LogP contribution in [0, 0.1) is 0 Å². The molecule has 0 radical (unpaired) electrons. The van der Waals surface area contributed by atoms with E-state index in [-0.39, 0.29) is 17.4 Å². The predicted molar refractivity (Wildman–Crippen MR) is 155 cm³/mol. The molecule has 1 aliphatic carbocycles. The Morgan fingerprint density at radius 2 is 1.71 bits per heavy atom. The van der Waals surface area contributed by atoms with Crippen molar-refractivity contribution in [2.45, 2.75) is 44.3 Å². The van der Waals surface area contributed by atoms with Crippen molar-refractivity contribution in [1.82, 2.24) is 4.57 Å². The number of nitrogens with one attached hydrogen (secondary N) is 2. The Morgan fingerprint density at radius 1 is 0.976 bits per heavy atom. The van der Waals surface area contributed by atoms with Gasteiger partial charge in [-0.15, -0.1) is 0 Å². The molecule has 1 aromatic heterocycles. The number of alkyl halides is 3. The van der Waals surface area contributed by atoms with Gasteiger partial charge in [-0.25, -0.2) is 9.59 Å². The lowest BCUT2D eigenvalue weighted by molar-refractivity contribution is -0.137. The highest BCUT2D eigenvalue weighted by Crippen LogP contribution is 2.37. The van der Waals surface area contributed by atoms with E-state index >= 15 is 0 Å². The first-order valence-electron chi connectivity index (χ1n) is 13.2. The summed E-state index contributed by atoms with van der Waals surface area (Å²) in [5.41, 5.74) is 1.18. The van der Waals surface area contributed by atoms with Gasteiger partial charge in [0.25, 0.3) is 0 Å². The number of halogens is 4. The van der Waals surface area contributed by atoms with Crippen molar-refractivity contribution in [2.75, 3.05) is 22.6 Å². The van der Waals surface area contributed by atoms with Gasteiger partial charge in [-0.3, -0.25) is 0 Å². The molecule has 0 aliphatic heterocycles. The number of urea groups is 1. The van der Waals surface area contributed by atoms with Gasteiger partial charge in [-0.1, -0.05) is 49.1 Å². The maximum Gasteiger partial charge on any atom is 0.417 e. The van der Waals surface area contributed by atoms with Gasteiger partial charge in [0.15, 0.2) is 0 Å². The summed E-state index contributed by atoms with van der Waals surface area (Å²) in [4.78, 5) is 27.3. The van der Waals surface area contributed by atoms with Crippen molar-refractivity contribution >= 4 is 51.6 Å². The Morgan fingerprint density at radius 3 is 2.41 bits per heavy atom. The molecule has 7 nitrogen and oxygen atoms in total. The molecule has 5 rings (SSSR count). The second-order valence-corrected chi connectivity index (χ2v) is 10.5. The fourth-order valence-electron chi connectivity index (χ4n) is 5.43. The van der Waals surface area contributed by atoms with Gasteiger partial charge in [-0.2, -0.15) is 13.2 Å². The van der Waals surface area contributed by atoms with Crippen LogP contribution in [0.5, 0.6) is 0 Å². The molecular weight excluding hydrogens is 557 g/mol.